The summed E-state index contributed by atoms with van der Waals surface area (Å²) in [5.74, 6) is 0.739. The molecule has 0 aliphatic heterocycles. The predicted molar refractivity (Wildman–Crippen MR) is 82.6 cm³/mol. The Morgan fingerprint density at radius 2 is 2.00 bits per heavy atom. The second kappa shape index (κ2) is 6.60. The molecule has 4 nitrogen and oxygen atoms in total. The van der Waals surface area contributed by atoms with Gasteiger partial charge in [0.15, 0.2) is 5.16 Å². The van der Waals surface area contributed by atoms with E-state index in [9.17, 15) is 0 Å². The lowest BCUT2D eigenvalue weighted by Crippen LogP contribution is -2.04. The number of aryl methyl sites for hydroxylation is 1. The molecule has 6 heteroatoms. The maximum atomic E-state index is 8.61. The summed E-state index contributed by atoms with van der Waals surface area (Å²) >= 11 is 7.18. The van der Waals surface area contributed by atoms with Gasteiger partial charge in [-0.15, -0.1) is 0 Å². The monoisotopic (exact) mass is 304 g/mol. The molecule has 1 aromatic carbocycles. The Labute approximate surface area is 127 Å². The van der Waals surface area contributed by atoms with Gasteiger partial charge in [0.05, 0.1) is 17.5 Å². The van der Waals surface area contributed by atoms with Crippen LogP contribution in [0.2, 0.25) is 5.02 Å². The summed E-state index contributed by atoms with van der Waals surface area (Å²) in [6.45, 7) is 2.01. The van der Waals surface area contributed by atoms with Gasteiger partial charge >= 0.3 is 0 Å². The van der Waals surface area contributed by atoms with Crippen LogP contribution < -0.4 is 5.73 Å². The highest BCUT2D eigenvalue weighted by atomic mass is 35.5. The van der Waals surface area contributed by atoms with Gasteiger partial charge in [-0.05, 0) is 24.1 Å². The molecule has 0 saturated carbocycles. The van der Waals surface area contributed by atoms with Crippen LogP contribution in [0, 0.1) is 11.3 Å². The van der Waals surface area contributed by atoms with Crippen molar-refractivity contribution >= 4 is 29.2 Å². The molecule has 0 aliphatic rings. The highest BCUT2D eigenvalue weighted by molar-refractivity contribution is 7.99. The number of benzene rings is 1. The smallest absolute Gasteiger partial charge is 0.190 e. The van der Waals surface area contributed by atoms with Crippen LogP contribution in [-0.2, 0) is 6.42 Å². The molecule has 0 atom stereocenters. The maximum Gasteiger partial charge on any atom is 0.190 e. The average Bonchev–Trinajstić information content (AvgIpc) is 2.45. The van der Waals surface area contributed by atoms with E-state index in [-0.39, 0.29) is 0 Å². The van der Waals surface area contributed by atoms with E-state index in [1.54, 1.807) is 0 Å². The topological polar surface area (TPSA) is 75.6 Å². The molecule has 0 aliphatic carbocycles. The molecule has 0 unspecified atom stereocenters. The van der Waals surface area contributed by atoms with Crippen molar-refractivity contribution in [3.8, 4) is 17.2 Å². The Morgan fingerprint density at radius 1 is 1.30 bits per heavy atom. The number of nitrogens with two attached hydrogens (primary N) is 1. The number of anilines is 1. The number of aromatic nitrogens is 2. The molecule has 0 saturated heterocycles. The maximum absolute atomic E-state index is 8.61. The molecule has 1 heterocycles. The molecule has 2 aromatic rings. The van der Waals surface area contributed by atoms with E-state index in [4.69, 9.17) is 22.6 Å². The SMILES string of the molecule is CCc1nc(SCC#N)nc(N)c1-c1ccc(Cl)cc1. The number of hydrogen-bond acceptors (Lipinski definition) is 5. The minimum absolute atomic E-state index is 0.308. The van der Waals surface area contributed by atoms with Gasteiger partial charge in [-0.25, -0.2) is 9.97 Å². The van der Waals surface area contributed by atoms with E-state index in [0.29, 0.717) is 21.7 Å². The zero-order valence-electron chi connectivity index (χ0n) is 10.9. The van der Waals surface area contributed by atoms with Gasteiger partial charge in [-0.2, -0.15) is 5.26 Å². The van der Waals surface area contributed by atoms with Gasteiger partial charge in [0.2, 0.25) is 0 Å². The third-order valence-electron chi connectivity index (χ3n) is 2.73. The number of nitrogens with zero attached hydrogens (tertiary/aromatic N) is 3. The van der Waals surface area contributed by atoms with Crippen LogP contribution in [0.4, 0.5) is 5.82 Å². The lowest BCUT2D eigenvalue weighted by Gasteiger charge is -2.11. The summed E-state index contributed by atoms with van der Waals surface area (Å²) in [6, 6.07) is 9.48. The van der Waals surface area contributed by atoms with Crippen molar-refractivity contribution in [2.45, 2.75) is 18.5 Å². The quantitative estimate of drug-likeness (QED) is 0.690. The van der Waals surface area contributed by atoms with Gasteiger partial charge in [0.25, 0.3) is 0 Å². The first-order chi connectivity index (χ1) is 9.65. The third-order valence-corrected chi connectivity index (χ3v) is 3.69. The van der Waals surface area contributed by atoms with Crippen LogP contribution in [-0.4, -0.2) is 15.7 Å². The lowest BCUT2D eigenvalue weighted by molar-refractivity contribution is 0.901. The molecule has 0 bridgehead atoms. The Kier molecular flexibility index (Phi) is 4.83. The molecular weight excluding hydrogens is 292 g/mol. The standard InChI is InChI=1S/C14H13ClN4S/c1-2-11-12(9-3-5-10(15)6-4-9)13(17)19-14(18-11)20-8-7-16/h3-6H,2,8H2,1H3,(H2,17,18,19). The highest BCUT2D eigenvalue weighted by Crippen LogP contribution is 2.30. The largest absolute Gasteiger partial charge is 0.383 e. The zero-order chi connectivity index (χ0) is 14.5. The molecule has 0 amide bonds. The fourth-order valence-corrected chi connectivity index (χ4v) is 2.51. The fourth-order valence-electron chi connectivity index (χ4n) is 1.85. The van der Waals surface area contributed by atoms with Crippen LogP contribution in [0.25, 0.3) is 11.1 Å². The Bertz CT molecular complexity index is 649. The van der Waals surface area contributed by atoms with Crippen LogP contribution in [0.15, 0.2) is 29.4 Å². The average molecular weight is 305 g/mol. The Morgan fingerprint density at radius 3 is 2.60 bits per heavy atom. The number of thioether (sulfide) groups is 1. The summed E-state index contributed by atoms with van der Waals surface area (Å²) in [6.07, 6.45) is 0.741. The predicted octanol–water partition coefficient (Wildman–Crippen LogP) is 3.56. The van der Waals surface area contributed by atoms with Crippen molar-refractivity contribution < 1.29 is 0 Å². The van der Waals surface area contributed by atoms with E-state index in [1.165, 1.54) is 11.8 Å². The number of rotatable bonds is 4. The number of nitriles is 1. The molecule has 20 heavy (non-hydrogen) atoms. The van der Waals surface area contributed by atoms with Crippen molar-refractivity contribution in [3.63, 3.8) is 0 Å². The molecule has 102 valence electrons. The lowest BCUT2D eigenvalue weighted by atomic mass is 10.0. The van der Waals surface area contributed by atoms with Crippen LogP contribution in [0.3, 0.4) is 0 Å². The van der Waals surface area contributed by atoms with Crippen molar-refractivity contribution in [1.29, 1.82) is 5.26 Å². The van der Waals surface area contributed by atoms with E-state index < -0.39 is 0 Å². The summed E-state index contributed by atoms with van der Waals surface area (Å²) in [5.41, 5.74) is 8.72. The normalized spacial score (nSPS) is 10.2. The molecule has 0 spiro atoms. The van der Waals surface area contributed by atoms with E-state index in [1.807, 2.05) is 31.2 Å². The van der Waals surface area contributed by atoms with Gasteiger partial charge in [-0.3, -0.25) is 0 Å². The summed E-state index contributed by atoms with van der Waals surface area (Å²) < 4.78 is 0. The second-order valence-electron chi connectivity index (χ2n) is 4.02. The third kappa shape index (κ3) is 3.21. The number of nitrogen functional groups attached to an aromatic ring is 1. The summed E-state index contributed by atoms with van der Waals surface area (Å²) in [4.78, 5) is 8.74. The van der Waals surface area contributed by atoms with Crippen molar-refractivity contribution in [3.05, 3.63) is 35.0 Å². The Hall–Kier alpha value is -1.77. The number of halogens is 1. The molecule has 2 N–H and O–H groups in total. The first kappa shape index (κ1) is 14.6. The van der Waals surface area contributed by atoms with E-state index in [2.05, 4.69) is 16.0 Å². The van der Waals surface area contributed by atoms with Gasteiger partial charge < -0.3 is 5.73 Å². The summed E-state index contributed by atoms with van der Waals surface area (Å²) in [7, 11) is 0. The molecule has 0 radical (unpaired) electrons. The van der Waals surface area contributed by atoms with E-state index >= 15 is 0 Å². The molecule has 2 rings (SSSR count). The van der Waals surface area contributed by atoms with Crippen molar-refractivity contribution in [2.75, 3.05) is 11.5 Å². The van der Waals surface area contributed by atoms with Gasteiger partial charge in [-0.1, -0.05) is 42.4 Å². The van der Waals surface area contributed by atoms with Crippen LogP contribution in [0.5, 0.6) is 0 Å². The minimum atomic E-state index is 0.308. The molecule has 1 aromatic heterocycles. The van der Waals surface area contributed by atoms with Crippen LogP contribution >= 0.6 is 23.4 Å². The van der Waals surface area contributed by atoms with Gasteiger partial charge in [0.1, 0.15) is 5.82 Å². The first-order valence-corrected chi connectivity index (χ1v) is 7.44. The molecular formula is C14H13ClN4S. The zero-order valence-corrected chi connectivity index (χ0v) is 12.5. The van der Waals surface area contributed by atoms with Crippen molar-refractivity contribution in [2.24, 2.45) is 0 Å². The highest BCUT2D eigenvalue weighted by Gasteiger charge is 2.13. The fraction of sp³-hybridized carbons (Fsp3) is 0.214. The summed E-state index contributed by atoms with van der Waals surface area (Å²) in [5, 5.41) is 9.83. The first-order valence-electron chi connectivity index (χ1n) is 6.07. The van der Waals surface area contributed by atoms with E-state index in [0.717, 1.165) is 23.2 Å². The molecule has 0 fully saturated rings. The minimum Gasteiger partial charge on any atom is -0.383 e. The Balaban J connectivity index is 2.47. The van der Waals surface area contributed by atoms with Crippen LogP contribution in [0.1, 0.15) is 12.6 Å². The number of hydrogen-bond donors (Lipinski definition) is 1. The van der Waals surface area contributed by atoms with Crippen molar-refractivity contribution in [1.82, 2.24) is 9.97 Å². The van der Waals surface area contributed by atoms with Gasteiger partial charge in [0, 0.05) is 10.6 Å². The second-order valence-corrected chi connectivity index (χ2v) is 5.40.